The molecule has 33 heavy (non-hydrogen) atoms. The Bertz CT molecular complexity index is 1250. The predicted octanol–water partition coefficient (Wildman–Crippen LogP) is 5.96. The maximum Gasteiger partial charge on any atom is 0.189 e. The topological polar surface area (TPSA) is 52.6 Å². The summed E-state index contributed by atoms with van der Waals surface area (Å²) >= 11 is 0. The van der Waals surface area contributed by atoms with Crippen LogP contribution in [0.4, 0.5) is 0 Å². The maximum absolute atomic E-state index is 12.7. The van der Waals surface area contributed by atoms with Gasteiger partial charge in [0.1, 0.15) is 0 Å². The predicted molar refractivity (Wildman–Crippen MR) is 131 cm³/mol. The molecule has 0 bridgehead atoms. The summed E-state index contributed by atoms with van der Waals surface area (Å²) < 4.78 is 10.6. The van der Waals surface area contributed by atoms with Crippen molar-refractivity contribution in [1.29, 1.82) is 0 Å². The molecule has 0 radical (unpaired) electrons. The largest absolute Gasteiger partial charge is 0.493 e. The van der Waals surface area contributed by atoms with E-state index in [0.717, 1.165) is 28.7 Å². The highest BCUT2D eigenvalue weighted by Gasteiger charge is 2.27. The van der Waals surface area contributed by atoms with Gasteiger partial charge in [-0.3, -0.25) is 9.59 Å². The standard InChI is InChI=1S/C20H20O3.C9H8O/c1-12-5-13(2)7-14(6-12)8-16-9-15-10-18(22-3)19(23-4)11-17(15)20(16)21;10-9-6-5-7-3-1-2-4-8(7)9/h5-8,10-11H,9H2,1-4H3;1-4H,5-6H2. The second-order valence-corrected chi connectivity index (χ2v) is 8.54. The molecule has 0 fully saturated rings. The average molecular weight is 441 g/mol. The zero-order chi connectivity index (χ0) is 23.5. The van der Waals surface area contributed by atoms with Crippen molar-refractivity contribution in [2.45, 2.75) is 33.1 Å². The van der Waals surface area contributed by atoms with Crippen molar-refractivity contribution in [3.8, 4) is 11.5 Å². The number of benzene rings is 3. The molecule has 2 aliphatic carbocycles. The fourth-order valence-electron chi connectivity index (χ4n) is 4.54. The number of rotatable bonds is 3. The van der Waals surface area contributed by atoms with Gasteiger partial charge in [-0.2, -0.15) is 0 Å². The van der Waals surface area contributed by atoms with Gasteiger partial charge in [0.05, 0.1) is 14.2 Å². The third kappa shape index (κ3) is 4.75. The van der Waals surface area contributed by atoms with Crippen LogP contribution in [0.1, 0.15) is 55.0 Å². The summed E-state index contributed by atoms with van der Waals surface area (Å²) in [5, 5.41) is 0. The van der Waals surface area contributed by atoms with Crippen LogP contribution in [-0.4, -0.2) is 25.8 Å². The monoisotopic (exact) mass is 440 g/mol. The first-order valence-electron chi connectivity index (χ1n) is 11.1. The van der Waals surface area contributed by atoms with E-state index in [-0.39, 0.29) is 5.78 Å². The Morgan fingerprint density at radius 3 is 2.09 bits per heavy atom. The third-order valence-corrected chi connectivity index (χ3v) is 6.05. The van der Waals surface area contributed by atoms with Gasteiger partial charge in [-0.15, -0.1) is 0 Å². The van der Waals surface area contributed by atoms with Crippen molar-refractivity contribution < 1.29 is 19.1 Å². The van der Waals surface area contributed by atoms with Gasteiger partial charge in [0.25, 0.3) is 0 Å². The molecule has 0 amide bonds. The minimum absolute atomic E-state index is 0.0695. The number of fused-ring (bicyclic) bond motifs is 2. The molecule has 2 aliphatic rings. The highest BCUT2D eigenvalue weighted by Crippen LogP contribution is 2.37. The Morgan fingerprint density at radius 2 is 1.42 bits per heavy atom. The molecule has 0 heterocycles. The molecule has 0 saturated carbocycles. The molecule has 4 heteroatoms. The van der Waals surface area contributed by atoms with Gasteiger partial charge in [0.2, 0.25) is 0 Å². The Kier molecular flexibility index (Phi) is 6.45. The molecule has 3 aromatic carbocycles. The molecule has 0 unspecified atom stereocenters. The van der Waals surface area contributed by atoms with Crippen molar-refractivity contribution in [3.05, 3.63) is 99.1 Å². The number of ether oxygens (including phenoxy) is 2. The van der Waals surface area contributed by atoms with Crippen molar-refractivity contribution in [1.82, 2.24) is 0 Å². The smallest absolute Gasteiger partial charge is 0.189 e. The molecule has 0 aliphatic heterocycles. The molecule has 4 nitrogen and oxygen atoms in total. The highest BCUT2D eigenvalue weighted by atomic mass is 16.5. The van der Waals surface area contributed by atoms with Crippen LogP contribution in [0.15, 0.2) is 60.2 Å². The number of allylic oxidation sites excluding steroid dienone is 1. The van der Waals surface area contributed by atoms with Gasteiger partial charge in [-0.05, 0) is 55.2 Å². The van der Waals surface area contributed by atoms with Gasteiger partial charge in [-0.25, -0.2) is 0 Å². The van der Waals surface area contributed by atoms with Crippen molar-refractivity contribution >= 4 is 17.6 Å². The number of carbonyl (C=O) groups is 2. The van der Waals surface area contributed by atoms with Gasteiger partial charge in [-0.1, -0.05) is 53.6 Å². The third-order valence-electron chi connectivity index (χ3n) is 6.05. The van der Waals surface area contributed by atoms with Crippen molar-refractivity contribution in [2.24, 2.45) is 0 Å². The van der Waals surface area contributed by atoms with Crippen LogP contribution in [0.25, 0.3) is 6.08 Å². The summed E-state index contributed by atoms with van der Waals surface area (Å²) in [5.74, 6) is 1.62. The maximum atomic E-state index is 12.7. The number of hydrogen-bond donors (Lipinski definition) is 0. The molecule has 0 N–H and O–H groups in total. The fourth-order valence-corrected chi connectivity index (χ4v) is 4.54. The molecule has 0 saturated heterocycles. The second kappa shape index (κ2) is 9.45. The Morgan fingerprint density at radius 1 is 0.758 bits per heavy atom. The summed E-state index contributed by atoms with van der Waals surface area (Å²) in [6.45, 7) is 4.13. The SMILES string of the molecule is COc1cc2c(cc1OC)C(=O)C(=Cc1cc(C)cc(C)c1)C2.O=C1CCc2ccccc21. The van der Waals surface area contributed by atoms with E-state index in [0.29, 0.717) is 35.7 Å². The average Bonchev–Trinajstić information content (AvgIpc) is 3.32. The van der Waals surface area contributed by atoms with E-state index < -0.39 is 0 Å². The lowest BCUT2D eigenvalue weighted by Crippen LogP contribution is -1.97. The van der Waals surface area contributed by atoms with E-state index in [1.54, 1.807) is 20.3 Å². The Labute approximate surface area is 194 Å². The zero-order valence-electron chi connectivity index (χ0n) is 19.5. The number of ketones is 2. The number of Topliss-reactive ketones (excluding diaryl/α,β-unsaturated/α-hetero) is 2. The summed E-state index contributed by atoms with van der Waals surface area (Å²) in [6.07, 6.45) is 4.26. The Hall–Kier alpha value is -3.66. The van der Waals surface area contributed by atoms with Crippen LogP contribution >= 0.6 is 0 Å². The van der Waals surface area contributed by atoms with Crippen LogP contribution < -0.4 is 9.47 Å². The number of carbonyl (C=O) groups excluding carboxylic acids is 2. The van der Waals surface area contributed by atoms with Gasteiger partial charge >= 0.3 is 0 Å². The van der Waals surface area contributed by atoms with E-state index in [4.69, 9.17) is 9.47 Å². The number of hydrogen-bond acceptors (Lipinski definition) is 4. The Balaban J connectivity index is 0.000000214. The molecule has 5 rings (SSSR count). The van der Waals surface area contributed by atoms with E-state index in [2.05, 4.69) is 32.0 Å². The lowest BCUT2D eigenvalue weighted by Gasteiger charge is -2.08. The molecule has 0 aromatic heterocycles. The second-order valence-electron chi connectivity index (χ2n) is 8.54. The van der Waals surface area contributed by atoms with E-state index in [1.165, 1.54) is 16.7 Å². The molecule has 168 valence electrons. The normalized spacial score (nSPS) is 15.1. The minimum atomic E-state index is 0.0695. The van der Waals surface area contributed by atoms with Gasteiger partial charge < -0.3 is 9.47 Å². The molecular weight excluding hydrogens is 412 g/mol. The minimum Gasteiger partial charge on any atom is -0.493 e. The lowest BCUT2D eigenvalue weighted by molar-refractivity contribution is 0.0993. The highest BCUT2D eigenvalue weighted by molar-refractivity contribution is 6.16. The molecule has 0 spiro atoms. The number of methoxy groups -OCH3 is 2. The lowest BCUT2D eigenvalue weighted by atomic mass is 10.0. The first-order valence-corrected chi connectivity index (χ1v) is 11.1. The zero-order valence-corrected chi connectivity index (χ0v) is 19.5. The summed E-state index contributed by atoms with van der Waals surface area (Å²) in [7, 11) is 3.18. The van der Waals surface area contributed by atoms with Gasteiger partial charge in [0, 0.05) is 29.5 Å². The summed E-state index contributed by atoms with van der Waals surface area (Å²) in [4.78, 5) is 23.7. The van der Waals surface area contributed by atoms with E-state index >= 15 is 0 Å². The van der Waals surface area contributed by atoms with E-state index in [1.807, 2.05) is 36.4 Å². The van der Waals surface area contributed by atoms with Crippen LogP contribution in [0.3, 0.4) is 0 Å². The number of aryl methyl sites for hydroxylation is 3. The van der Waals surface area contributed by atoms with Crippen molar-refractivity contribution in [2.75, 3.05) is 14.2 Å². The fraction of sp³-hybridized carbons (Fsp3) is 0.241. The van der Waals surface area contributed by atoms with Crippen LogP contribution in [0.5, 0.6) is 11.5 Å². The van der Waals surface area contributed by atoms with Crippen LogP contribution in [0.2, 0.25) is 0 Å². The van der Waals surface area contributed by atoms with Gasteiger partial charge in [0.15, 0.2) is 23.1 Å². The summed E-state index contributed by atoms with van der Waals surface area (Å²) in [5.41, 5.74) is 8.11. The first kappa shape index (κ1) is 22.5. The molecule has 0 atom stereocenters. The molecular formula is C29H28O4. The molecule has 3 aromatic rings. The first-order chi connectivity index (χ1) is 15.9. The summed E-state index contributed by atoms with van der Waals surface area (Å²) in [6, 6.07) is 17.8. The van der Waals surface area contributed by atoms with E-state index in [9.17, 15) is 9.59 Å². The van der Waals surface area contributed by atoms with Crippen LogP contribution in [-0.2, 0) is 12.8 Å². The van der Waals surface area contributed by atoms with Crippen molar-refractivity contribution in [3.63, 3.8) is 0 Å². The van der Waals surface area contributed by atoms with Crippen LogP contribution in [0, 0.1) is 13.8 Å². The quantitative estimate of drug-likeness (QED) is 0.472.